The normalized spacial score (nSPS) is 10.6. The molecule has 0 fully saturated rings. The maximum absolute atomic E-state index is 12.2. The summed E-state index contributed by atoms with van der Waals surface area (Å²) in [5.41, 5.74) is 3.39. The molecule has 0 bridgehead atoms. The van der Waals surface area contributed by atoms with E-state index in [1.807, 2.05) is 32.9 Å². The number of hydrogen-bond acceptors (Lipinski definition) is 2. The summed E-state index contributed by atoms with van der Waals surface area (Å²) < 4.78 is 1.19. The standard InChI is InChI=1S/C16H16Cl2N2O2/c1-9-4-10(2)15(11(3)5-9)19-14(21)8-20-7-12(17)6-13(18)16(20)22/h4-7H,8H2,1-3H3,(H,19,21). The second-order valence-electron chi connectivity index (χ2n) is 5.26. The monoisotopic (exact) mass is 338 g/mol. The highest BCUT2D eigenvalue weighted by Gasteiger charge is 2.11. The number of aromatic nitrogens is 1. The Balaban J connectivity index is 2.23. The smallest absolute Gasteiger partial charge is 0.269 e. The van der Waals surface area contributed by atoms with Crippen LogP contribution in [0.3, 0.4) is 0 Å². The molecule has 0 radical (unpaired) electrons. The van der Waals surface area contributed by atoms with Crippen LogP contribution in [0.4, 0.5) is 5.69 Å². The van der Waals surface area contributed by atoms with Crippen molar-refractivity contribution < 1.29 is 4.79 Å². The Labute approximate surface area is 138 Å². The van der Waals surface area contributed by atoms with Crippen LogP contribution in [0.15, 0.2) is 29.2 Å². The number of nitrogens with zero attached hydrogens (tertiary/aromatic N) is 1. The van der Waals surface area contributed by atoms with E-state index in [4.69, 9.17) is 23.2 Å². The van der Waals surface area contributed by atoms with Crippen LogP contribution >= 0.6 is 23.2 Å². The number of carbonyl (C=O) groups excluding carboxylic acids is 1. The van der Waals surface area contributed by atoms with Gasteiger partial charge in [0, 0.05) is 11.9 Å². The van der Waals surface area contributed by atoms with Crippen LogP contribution < -0.4 is 10.9 Å². The summed E-state index contributed by atoms with van der Waals surface area (Å²) in [6, 6.07) is 5.34. The minimum absolute atomic E-state index is 0.0111. The van der Waals surface area contributed by atoms with Gasteiger partial charge in [0.1, 0.15) is 11.6 Å². The van der Waals surface area contributed by atoms with Crippen LogP contribution in [-0.4, -0.2) is 10.5 Å². The Morgan fingerprint density at radius 1 is 1.14 bits per heavy atom. The van der Waals surface area contributed by atoms with Crippen molar-refractivity contribution in [3.05, 3.63) is 61.5 Å². The molecule has 2 aromatic rings. The minimum atomic E-state index is -0.446. The van der Waals surface area contributed by atoms with Gasteiger partial charge in [0.05, 0.1) is 5.02 Å². The number of anilines is 1. The van der Waals surface area contributed by atoms with Crippen molar-refractivity contribution in [2.75, 3.05) is 5.32 Å². The zero-order valence-corrected chi connectivity index (χ0v) is 14.0. The summed E-state index contributed by atoms with van der Waals surface area (Å²) in [6.07, 6.45) is 1.39. The Kier molecular flexibility index (Phi) is 4.94. The third-order valence-electron chi connectivity index (χ3n) is 3.26. The van der Waals surface area contributed by atoms with Gasteiger partial charge in [0.25, 0.3) is 5.56 Å². The maximum Gasteiger partial charge on any atom is 0.269 e. The summed E-state index contributed by atoms with van der Waals surface area (Å²) in [4.78, 5) is 24.1. The fraction of sp³-hybridized carbons (Fsp3) is 0.250. The summed E-state index contributed by atoms with van der Waals surface area (Å²) in [6.45, 7) is 5.71. The number of pyridine rings is 1. The first-order valence-corrected chi connectivity index (χ1v) is 7.46. The number of hydrogen-bond donors (Lipinski definition) is 1. The van der Waals surface area contributed by atoms with E-state index in [1.54, 1.807) is 0 Å². The van der Waals surface area contributed by atoms with E-state index in [2.05, 4.69) is 5.32 Å². The third-order valence-corrected chi connectivity index (χ3v) is 3.74. The van der Waals surface area contributed by atoms with Crippen LogP contribution in [0.2, 0.25) is 10.0 Å². The molecule has 0 atom stereocenters. The summed E-state index contributed by atoms with van der Waals surface area (Å²) in [5, 5.41) is 3.13. The van der Waals surface area contributed by atoms with E-state index in [0.29, 0.717) is 5.02 Å². The molecule has 6 heteroatoms. The van der Waals surface area contributed by atoms with Gasteiger partial charge >= 0.3 is 0 Å². The van der Waals surface area contributed by atoms with E-state index in [1.165, 1.54) is 16.8 Å². The molecule has 1 aromatic carbocycles. The number of rotatable bonds is 3. The molecule has 0 saturated heterocycles. The molecule has 0 saturated carbocycles. The van der Waals surface area contributed by atoms with Crippen LogP contribution in [0.1, 0.15) is 16.7 Å². The van der Waals surface area contributed by atoms with Crippen molar-refractivity contribution in [3.8, 4) is 0 Å². The highest BCUT2D eigenvalue weighted by molar-refractivity contribution is 6.34. The van der Waals surface area contributed by atoms with E-state index >= 15 is 0 Å². The quantitative estimate of drug-likeness (QED) is 0.927. The molecule has 4 nitrogen and oxygen atoms in total. The fourth-order valence-electron chi connectivity index (χ4n) is 2.39. The lowest BCUT2D eigenvalue weighted by atomic mass is 10.1. The van der Waals surface area contributed by atoms with Gasteiger partial charge in [-0.1, -0.05) is 40.9 Å². The summed E-state index contributed by atoms with van der Waals surface area (Å²) >= 11 is 11.6. The Morgan fingerprint density at radius 3 is 2.32 bits per heavy atom. The van der Waals surface area contributed by atoms with Crippen molar-refractivity contribution in [2.45, 2.75) is 27.3 Å². The van der Waals surface area contributed by atoms with Crippen LogP contribution in [0.5, 0.6) is 0 Å². The lowest BCUT2D eigenvalue weighted by Crippen LogP contribution is -2.28. The highest BCUT2D eigenvalue weighted by Crippen LogP contribution is 2.22. The molecular formula is C16H16Cl2N2O2. The molecular weight excluding hydrogens is 323 g/mol. The topological polar surface area (TPSA) is 51.1 Å². The summed E-state index contributed by atoms with van der Waals surface area (Å²) in [5.74, 6) is -0.310. The molecule has 116 valence electrons. The van der Waals surface area contributed by atoms with Crippen molar-refractivity contribution in [2.24, 2.45) is 0 Å². The molecule has 0 aliphatic heterocycles. The predicted octanol–water partition coefficient (Wildman–Crippen LogP) is 3.72. The summed E-state index contributed by atoms with van der Waals surface area (Å²) in [7, 11) is 0. The zero-order chi connectivity index (χ0) is 16.4. The molecule has 2 rings (SSSR count). The third kappa shape index (κ3) is 3.70. The van der Waals surface area contributed by atoms with E-state index in [9.17, 15) is 9.59 Å². The molecule has 1 heterocycles. The zero-order valence-electron chi connectivity index (χ0n) is 12.5. The van der Waals surface area contributed by atoms with Gasteiger partial charge in [-0.25, -0.2) is 0 Å². The van der Waals surface area contributed by atoms with Gasteiger partial charge in [0.15, 0.2) is 0 Å². The largest absolute Gasteiger partial charge is 0.324 e. The Hall–Kier alpha value is -1.78. The molecule has 1 aromatic heterocycles. The maximum atomic E-state index is 12.2. The van der Waals surface area contributed by atoms with Gasteiger partial charge in [-0.15, -0.1) is 0 Å². The fourth-order valence-corrected chi connectivity index (χ4v) is 2.90. The first kappa shape index (κ1) is 16.6. The Bertz CT molecular complexity index is 774. The van der Waals surface area contributed by atoms with Gasteiger partial charge < -0.3 is 9.88 Å². The van der Waals surface area contributed by atoms with E-state index in [0.717, 1.165) is 22.4 Å². The highest BCUT2D eigenvalue weighted by atomic mass is 35.5. The predicted molar refractivity (Wildman–Crippen MR) is 90.0 cm³/mol. The van der Waals surface area contributed by atoms with Crippen molar-refractivity contribution in [3.63, 3.8) is 0 Å². The van der Waals surface area contributed by atoms with Gasteiger partial charge in [-0.3, -0.25) is 9.59 Å². The van der Waals surface area contributed by atoms with Gasteiger partial charge in [-0.05, 0) is 38.0 Å². The first-order chi connectivity index (χ1) is 10.3. The second-order valence-corrected chi connectivity index (χ2v) is 6.10. The molecule has 1 amide bonds. The number of carbonyl (C=O) groups is 1. The first-order valence-electron chi connectivity index (χ1n) is 6.71. The van der Waals surface area contributed by atoms with E-state index < -0.39 is 5.56 Å². The second kappa shape index (κ2) is 6.55. The molecule has 0 spiro atoms. The molecule has 0 unspecified atom stereocenters. The van der Waals surface area contributed by atoms with Gasteiger partial charge in [0.2, 0.25) is 5.91 Å². The Morgan fingerprint density at radius 2 is 1.73 bits per heavy atom. The number of benzene rings is 1. The minimum Gasteiger partial charge on any atom is -0.324 e. The average molecular weight is 339 g/mol. The number of halogens is 2. The van der Waals surface area contributed by atoms with Crippen LogP contribution in [0, 0.1) is 20.8 Å². The van der Waals surface area contributed by atoms with Gasteiger partial charge in [-0.2, -0.15) is 0 Å². The number of nitrogens with one attached hydrogen (secondary N) is 1. The average Bonchev–Trinajstić information content (AvgIpc) is 2.39. The van der Waals surface area contributed by atoms with Crippen LogP contribution in [0.25, 0.3) is 0 Å². The van der Waals surface area contributed by atoms with Crippen molar-refractivity contribution in [1.29, 1.82) is 0 Å². The lowest BCUT2D eigenvalue weighted by molar-refractivity contribution is -0.116. The lowest BCUT2D eigenvalue weighted by Gasteiger charge is -2.13. The molecule has 22 heavy (non-hydrogen) atoms. The van der Waals surface area contributed by atoms with Crippen molar-refractivity contribution in [1.82, 2.24) is 4.57 Å². The SMILES string of the molecule is Cc1cc(C)c(NC(=O)Cn2cc(Cl)cc(Cl)c2=O)c(C)c1. The molecule has 0 aliphatic rings. The van der Waals surface area contributed by atoms with E-state index in [-0.39, 0.29) is 17.5 Å². The number of aryl methyl sites for hydroxylation is 3. The van der Waals surface area contributed by atoms with Crippen LogP contribution in [-0.2, 0) is 11.3 Å². The molecule has 1 N–H and O–H groups in total. The van der Waals surface area contributed by atoms with Crippen molar-refractivity contribution >= 4 is 34.8 Å². The number of amides is 1. The molecule has 0 aliphatic carbocycles.